The molecule has 0 spiro atoms. The van der Waals surface area contributed by atoms with E-state index in [1.807, 2.05) is 36.4 Å². The number of rotatable bonds is 5. The van der Waals surface area contributed by atoms with Crippen molar-refractivity contribution >= 4 is 49.0 Å². The molecule has 0 amide bonds. The molecule has 254 valence electrons. The van der Waals surface area contributed by atoms with Gasteiger partial charge in [-0.1, -0.05) is 158 Å². The van der Waals surface area contributed by atoms with Gasteiger partial charge in [0.05, 0.1) is 29.2 Å². The zero-order chi connectivity index (χ0) is 36.9. The van der Waals surface area contributed by atoms with E-state index in [1.54, 1.807) is 0 Å². The first-order valence-corrected chi connectivity index (χ1v) is 18.4. The Hall–Kier alpha value is -7.72. The normalized spacial score (nSPS) is 11.2. The lowest BCUT2D eigenvalue weighted by Crippen LogP contribution is -1.94. The Kier molecular flexibility index (Phi) is 7.58. The molecule has 55 heavy (non-hydrogen) atoms. The third kappa shape index (κ3) is 5.19. The van der Waals surface area contributed by atoms with Gasteiger partial charge in [0.2, 0.25) is 0 Å². The second-order valence-corrected chi connectivity index (χ2v) is 13.8. The Morgan fingerprint density at radius 3 is 1.42 bits per heavy atom. The van der Waals surface area contributed by atoms with Gasteiger partial charge in [-0.3, -0.25) is 0 Å². The number of para-hydroxylation sites is 2. The van der Waals surface area contributed by atoms with E-state index < -0.39 is 0 Å². The lowest BCUT2D eigenvalue weighted by atomic mass is 9.85. The molecule has 0 N–H and O–H groups in total. The molecule has 0 radical (unpaired) electrons. The van der Waals surface area contributed by atoms with Gasteiger partial charge in [-0.25, -0.2) is 4.85 Å². The number of nitriles is 1. The van der Waals surface area contributed by atoms with Crippen molar-refractivity contribution in [1.82, 2.24) is 4.57 Å². The molecular weight excluding hydrogens is 667 g/mol. The maximum Gasteiger partial charge on any atom is 0.197 e. The van der Waals surface area contributed by atoms with E-state index >= 15 is 0 Å². The van der Waals surface area contributed by atoms with E-state index in [2.05, 4.69) is 167 Å². The van der Waals surface area contributed by atoms with Crippen LogP contribution in [0.2, 0.25) is 0 Å². The molecule has 10 aromatic rings. The molecule has 0 saturated heterocycles. The molecule has 3 heteroatoms. The van der Waals surface area contributed by atoms with Crippen molar-refractivity contribution in [3.05, 3.63) is 205 Å². The van der Waals surface area contributed by atoms with Crippen LogP contribution in [0, 0.1) is 17.9 Å². The van der Waals surface area contributed by atoms with Crippen molar-refractivity contribution in [2.24, 2.45) is 0 Å². The smallest absolute Gasteiger partial charge is 0.197 e. The molecule has 3 nitrogen and oxygen atoms in total. The van der Waals surface area contributed by atoms with E-state index in [0.717, 1.165) is 44.5 Å². The van der Waals surface area contributed by atoms with Gasteiger partial charge < -0.3 is 4.57 Å². The Balaban J connectivity index is 1.04. The lowest BCUT2D eigenvalue weighted by molar-refractivity contribution is 1.18. The summed E-state index contributed by atoms with van der Waals surface area (Å²) in [7, 11) is 0. The first-order valence-electron chi connectivity index (χ1n) is 18.4. The standard InChI is InChI=1S/C52H31N3/c1-54-48-32-39(55-49-21-11-9-15-42(49)43-16-10-12-22-50(43)55)28-30-41(48)40-29-27-37(31-38(40)33-53)34-23-25-36(26-24-34)52-46-19-7-5-17-44(46)51(35-13-3-2-4-14-35)45-18-6-8-20-47(45)52/h2-32H. The van der Waals surface area contributed by atoms with Gasteiger partial charge in [0.1, 0.15) is 0 Å². The van der Waals surface area contributed by atoms with E-state index in [4.69, 9.17) is 6.57 Å². The predicted molar refractivity (Wildman–Crippen MR) is 229 cm³/mol. The van der Waals surface area contributed by atoms with Gasteiger partial charge in [-0.15, -0.1) is 0 Å². The van der Waals surface area contributed by atoms with Crippen molar-refractivity contribution < 1.29 is 0 Å². The lowest BCUT2D eigenvalue weighted by Gasteiger charge is -2.18. The summed E-state index contributed by atoms with van der Waals surface area (Å²) in [5.74, 6) is 0. The van der Waals surface area contributed by atoms with Crippen LogP contribution < -0.4 is 0 Å². The molecule has 0 fully saturated rings. The molecule has 10 rings (SSSR count). The summed E-state index contributed by atoms with van der Waals surface area (Å²) in [4.78, 5) is 3.97. The Bertz CT molecular complexity index is 3100. The van der Waals surface area contributed by atoms with Crippen LogP contribution in [0.15, 0.2) is 188 Å². The maximum absolute atomic E-state index is 10.4. The van der Waals surface area contributed by atoms with Crippen LogP contribution in [0.3, 0.4) is 0 Å². The Morgan fingerprint density at radius 2 is 0.873 bits per heavy atom. The van der Waals surface area contributed by atoms with Gasteiger partial charge in [0.25, 0.3) is 0 Å². The minimum absolute atomic E-state index is 0.505. The van der Waals surface area contributed by atoms with Crippen LogP contribution in [0.5, 0.6) is 0 Å². The Labute approximate surface area is 319 Å². The van der Waals surface area contributed by atoms with E-state index in [0.29, 0.717) is 11.3 Å². The van der Waals surface area contributed by atoms with Crippen LogP contribution >= 0.6 is 0 Å². The molecule has 1 aromatic heterocycles. The molecule has 0 atom stereocenters. The highest BCUT2D eigenvalue weighted by atomic mass is 15.0. The predicted octanol–water partition coefficient (Wildman–Crippen LogP) is 14.2. The number of hydrogen-bond donors (Lipinski definition) is 0. The van der Waals surface area contributed by atoms with Crippen molar-refractivity contribution in [2.75, 3.05) is 0 Å². The quantitative estimate of drug-likeness (QED) is 0.130. The van der Waals surface area contributed by atoms with Crippen LogP contribution in [0.1, 0.15) is 5.56 Å². The summed E-state index contributed by atoms with van der Waals surface area (Å²) in [5.41, 5.74) is 12.4. The van der Waals surface area contributed by atoms with E-state index in [9.17, 15) is 5.26 Å². The fraction of sp³-hybridized carbons (Fsp3) is 0. The maximum atomic E-state index is 10.4. The average Bonchev–Trinajstić information content (AvgIpc) is 3.60. The second kappa shape index (κ2) is 13.0. The average molecular weight is 698 g/mol. The minimum atomic E-state index is 0.505. The third-order valence-electron chi connectivity index (χ3n) is 10.9. The third-order valence-corrected chi connectivity index (χ3v) is 10.9. The van der Waals surface area contributed by atoms with Gasteiger partial charge >= 0.3 is 0 Å². The van der Waals surface area contributed by atoms with Crippen LogP contribution in [-0.4, -0.2) is 4.57 Å². The summed E-state index contributed by atoms with van der Waals surface area (Å²) in [5, 5.41) is 17.6. The number of aromatic nitrogens is 1. The van der Waals surface area contributed by atoms with Gasteiger partial charge in [-0.2, -0.15) is 5.26 Å². The first-order chi connectivity index (χ1) is 27.2. The summed E-state index contributed by atoms with van der Waals surface area (Å²) < 4.78 is 2.21. The zero-order valence-corrected chi connectivity index (χ0v) is 29.7. The monoisotopic (exact) mass is 697 g/mol. The van der Waals surface area contributed by atoms with Gasteiger partial charge in [-0.05, 0) is 96.4 Å². The number of hydrogen-bond acceptors (Lipinski definition) is 1. The van der Waals surface area contributed by atoms with Crippen molar-refractivity contribution in [2.45, 2.75) is 0 Å². The van der Waals surface area contributed by atoms with Crippen LogP contribution in [0.25, 0.3) is 98.4 Å². The second-order valence-electron chi connectivity index (χ2n) is 13.8. The molecule has 0 aliphatic rings. The van der Waals surface area contributed by atoms with Crippen LogP contribution in [0.4, 0.5) is 5.69 Å². The zero-order valence-electron chi connectivity index (χ0n) is 29.7. The summed E-state index contributed by atoms with van der Waals surface area (Å²) >= 11 is 0. The molecule has 0 aliphatic heterocycles. The van der Waals surface area contributed by atoms with Crippen LogP contribution in [-0.2, 0) is 0 Å². The number of fused-ring (bicyclic) bond motifs is 5. The highest BCUT2D eigenvalue weighted by Gasteiger charge is 2.18. The summed E-state index contributed by atoms with van der Waals surface area (Å²) in [6.45, 7) is 8.17. The molecule has 9 aromatic carbocycles. The molecule has 0 bridgehead atoms. The molecular formula is C52H31N3. The van der Waals surface area contributed by atoms with Gasteiger partial charge in [0, 0.05) is 16.5 Å². The van der Waals surface area contributed by atoms with Crippen molar-refractivity contribution in [1.29, 1.82) is 5.26 Å². The van der Waals surface area contributed by atoms with Crippen molar-refractivity contribution in [3.8, 4) is 56.3 Å². The summed E-state index contributed by atoms with van der Waals surface area (Å²) in [6.07, 6.45) is 0. The largest absolute Gasteiger partial charge is 0.311 e. The summed E-state index contributed by atoms with van der Waals surface area (Å²) in [6, 6.07) is 67.8. The van der Waals surface area contributed by atoms with E-state index in [1.165, 1.54) is 49.0 Å². The fourth-order valence-electron chi connectivity index (χ4n) is 8.42. The minimum Gasteiger partial charge on any atom is -0.311 e. The SMILES string of the molecule is [C-]#[N+]c1cc(-n2c3ccccc3c3ccccc32)ccc1-c1ccc(-c2ccc(-c3c4ccccc4c(-c4ccccc4)c4ccccc34)cc2)cc1C#N. The first kappa shape index (κ1) is 32.0. The van der Waals surface area contributed by atoms with E-state index in [-0.39, 0.29) is 0 Å². The molecule has 0 aliphatic carbocycles. The molecule has 0 saturated carbocycles. The fourth-order valence-corrected chi connectivity index (χ4v) is 8.42. The highest BCUT2D eigenvalue weighted by molar-refractivity contribution is 6.21. The number of benzene rings is 9. The number of nitrogens with zero attached hydrogens (tertiary/aromatic N) is 3. The van der Waals surface area contributed by atoms with Gasteiger partial charge in [0.15, 0.2) is 5.69 Å². The topological polar surface area (TPSA) is 33.1 Å². The molecule has 1 heterocycles. The van der Waals surface area contributed by atoms with Crippen molar-refractivity contribution in [3.63, 3.8) is 0 Å². The highest BCUT2D eigenvalue weighted by Crippen LogP contribution is 2.44. The molecule has 0 unspecified atom stereocenters. The Morgan fingerprint density at radius 1 is 0.418 bits per heavy atom.